The van der Waals surface area contributed by atoms with Crippen LogP contribution in [0.1, 0.15) is 5.56 Å². The standard InChI is InChI=1S/C10H10BrF2NO2/c11-5-9(15)14-6-7-3-1-2-4-8(7)16-10(12)13/h1-4,10H,5-6H2,(H,14,15). The van der Waals surface area contributed by atoms with Crippen molar-refractivity contribution in [2.24, 2.45) is 0 Å². The van der Waals surface area contributed by atoms with Crippen molar-refractivity contribution in [1.82, 2.24) is 5.32 Å². The average Bonchev–Trinajstić information content (AvgIpc) is 2.26. The number of carbonyl (C=O) groups excluding carboxylic acids is 1. The summed E-state index contributed by atoms with van der Waals surface area (Å²) in [5.41, 5.74) is 0.511. The third kappa shape index (κ3) is 4.14. The summed E-state index contributed by atoms with van der Waals surface area (Å²) in [6, 6.07) is 6.33. The highest BCUT2D eigenvalue weighted by Gasteiger charge is 2.09. The summed E-state index contributed by atoms with van der Waals surface area (Å²) in [7, 11) is 0. The predicted octanol–water partition coefficient (Wildman–Crippen LogP) is 2.30. The Morgan fingerprint density at radius 3 is 2.75 bits per heavy atom. The van der Waals surface area contributed by atoms with E-state index in [1.54, 1.807) is 18.2 Å². The molecule has 0 atom stereocenters. The number of para-hydroxylation sites is 1. The van der Waals surface area contributed by atoms with Gasteiger partial charge in [-0.05, 0) is 6.07 Å². The summed E-state index contributed by atoms with van der Waals surface area (Å²) < 4.78 is 28.4. The van der Waals surface area contributed by atoms with E-state index in [0.717, 1.165) is 0 Å². The molecule has 1 amide bonds. The number of benzene rings is 1. The minimum absolute atomic E-state index is 0.0763. The zero-order chi connectivity index (χ0) is 12.0. The number of alkyl halides is 3. The van der Waals surface area contributed by atoms with Crippen LogP contribution < -0.4 is 10.1 Å². The fourth-order valence-corrected chi connectivity index (χ4v) is 1.30. The topological polar surface area (TPSA) is 38.3 Å². The largest absolute Gasteiger partial charge is 0.434 e. The van der Waals surface area contributed by atoms with Crippen molar-refractivity contribution in [3.63, 3.8) is 0 Å². The monoisotopic (exact) mass is 293 g/mol. The molecule has 0 saturated heterocycles. The van der Waals surface area contributed by atoms with Crippen LogP contribution in [-0.4, -0.2) is 17.8 Å². The number of carbonyl (C=O) groups is 1. The predicted molar refractivity (Wildman–Crippen MR) is 58.7 cm³/mol. The summed E-state index contributed by atoms with van der Waals surface area (Å²) in [5.74, 6) is -0.140. The third-order valence-corrected chi connectivity index (χ3v) is 2.30. The van der Waals surface area contributed by atoms with E-state index in [9.17, 15) is 13.6 Å². The average molecular weight is 294 g/mol. The van der Waals surface area contributed by atoms with Crippen molar-refractivity contribution >= 4 is 21.8 Å². The van der Waals surface area contributed by atoms with Crippen LogP contribution in [0, 0.1) is 0 Å². The summed E-state index contributed by atoms with van der Waals surface area (Å²) in [6.45, 7) is -2.71. The molecular formula is C10H10BrF2NO2. The lowest BCUT2D eigenvalue weighted by atomic mass is 10.2. The van der Waals surface area contributed by atoms with E-state index in [1.165, 1.54) is 6.07 Å². The van der Waals surface area contributed by atoms with Crippen LogP contribution in [0.3, 0.4) is 0 Å². The smallest absolute Gasteiger partial charge is 0.387 e. The second-order valence-electron chi connectivity index (χ2n) is 2.90. The summed E-state index contributed by atoms with van der Waals surface area (Å²) in [5, 5.41) is 2.72. The Bertz CT molecular complexity index is 360. The molecular weight excluding hydrogens is 284 g/mol. The van der Waals surface area contributed by atoms with Gasteiger partial charge in [0.05, 0.1) is 5.33 Å². The molecule has 0 heterocycles. The molecule has 0 aliphatic rings. The Morgan fingerprint density at radius 1 is 1.44 bits per heavy atom. The number of hydrogen-bond acceptors (Lipinski definition) is 2. The Morgan fingerprint density at radius 2 is 2.12 bits per heavy atom. The minimum Gasteiger partial charge on any atom is -0.434 e. The van der Waals surface area contributed by atoms with Gasteiger partial charge in [-0.1, -0.05) is 34.1 Å². The van der Waals surface area contributed by atoms with Gasteiger partial charge in [-0.3, -0.25) is 4.79 Å². The number of hydrogen-bond donors (Lipinski definition) is 1. The molecule has 1 rings (SSSR count). The van der Waals surface area contributed by atoms with Gasteiger partial charge in [-0.25, -0.2) is 0 Å². The van der Waals surface area contributed by atoms with Crippen LogP contribution in [0.4, 0.5) is 8.78 Å². The van der Waals surface area contributed by atoms with Gasteiger partial charge in [-0.2, -0.15) is 8.78 Å². The lowest BCUT2D eigenvalue weighted by Crippen LogP contribution is -2.24. The van der Waals surface area contributed by atoms with Crippen LogP contribution in [0.25, 0.3) is 0 Å². The van der Waals surface area contributed by atoms with Gasteiger partial charge in [0.2, 0.25) is 5.91 Å². The first-order valence-electron chi connectivity index (χ1n) is 4.49. The fraction of sp³-hybridized carbons (Fsp3) is 0.300. The van der Waals surface area contributed by atoms with E-state index < -0.39 is 6.61 Å². The summed E-state index contributed by atoms with van der Waals surface area (Å²) in [4.78, 5) is 11.0. The first-order valence-corrected chi connectivity index (χ1v) is 5.61. The molecule has 16 heavy (non-hydrogen) atoms. The molecule has 1 N–H and O–H groups in total. The maximum atomic E-state index is 12.0. The molecule has 0 aromatic heterocycles. The Hall–Kier alpha value is -1.17. The van der Waals surface area contributed by atoms with Crippen molar-refractivity contribution < 1.29 is 18.3 Å². The molecule has 6 heteroatoms. The van der Waals surface area contributed by atoms with Crippen LogP contribution >= 0.6 is 15.9 Å². The van der Waals surface area contributed by atoms with Gasteiger partial charge in [-0.15, -0.1) is 0 Å². The van der Waals surface area contributed by atoms with Crippen LogP contribution in [-0.2, 0) is 11.3 Å². The van der Waals surface area contributed by atoms with E-state index in [2.05, 4.69) is 26.0 Å². The van der Waals surface area contributed by atoms with Gasteiger partial charge in [0.25, 0.3) is 0 Å². The maximum absolute atomic E-state index is 12.0. The Balaban J connectivity index is 2.67. The molecule has 0 bridgehead atoms. The number of ether oxygens (including phenoxy) is 1. The van der Waals surface area contributed by atoms with Crippen LogP contribution in [0.5, 0.6) is 5.75 Å². The van der Waals surface area contributed by atoms with Crippen molar-refractivity contribution in [1.29, 1.82) is 0 Å². The van der Waals surface area contributed by atoms with Crippen LogP contribution in [0.15, 0.2) is 24.3 Å². The summed E-state index contributed by atoms with van der Waals surface area (Å²) >= 11 is 2.98. The molecule has 88 valence electrons. The number of amides is 1. The van der Waals surface area contributed by atoms with Gasteiger partial charge >= 0.3 is 6.61 Å². The first-order chi connectivity index (χ1) is 7.63. The zero-order valence-corrected chi connectivity index (χ0v) is 9.84. The normalized spacial score (nSPS) is 10.2. The second kappa shape index (κ2) is 6.42. The highest BCUT2D eigenvalue weighted by atomic mass is 79.9. The van der Waals surface area contributed by atoms with E-state index in [4.69, 9.17) is 0 Å². The van der Waals surface area contributed by atoms with E-state index in [0.29, 0.717) is 5.56 Å². The minimum atomic E-state index is -2.87. The van der Waals surface area contributed by atoms with Gasteiger partial charge in [0, 0.05) is 12.1 Å². The molecule has 1 aromatic rings. The number of rotatable bonds is 5. The lowest BCUT2D eigenvalue weighted by molar-refractivity contribution is -0.118. The van der Waals surface area contributed by atoms with E-state index >= 15 is 0 Å². The highest BCUT2D eigenvalue weighted by Crippen LogP contribution is 2.19. The molecule has 0 unspecified atom stereocenters. The number of halogens is 3. The Labute approximate surface area is 99.9 Å². The van der Waals surface area contributed by atoms with Gasteiger partial charge < -0.3 is 10.1 Å². The zero-order valence-electron chi connectivity index (χ0n) is 8.25. The molecule has 0 aliphatic carbocycles. The summed E-state index contributed by atoms with van der Waals surface area (Å²) in [6.07, 6.45) is 0. The van der Waals surface area contributed by atoms with Crippen LogP contribution in [0.2, 0.25) is 0 Å². The van der Waals surface area contributed by atoms with Crippen molar-refractivity contribution in [3.05, 3.63) is 29.8 Å². The second-order valence-corrected chi connectivity index (χ2v) is 3.46. The van der Waals surface area contributed by atoms with Gasteiger partial charge in [0.15, 0.2) is 0 Å². The van der Waals surface area contributed by atoms with Crippen molar-refractivity contribution in [2.75, 3.05) is 5.33 Å². The highest BCUT2D eigenvalue weighted by molar-refractivity contribution is 9.09. The molecule has 0 radical (unpaired) electrons. The lowest BCUT2D eigenvalue weighted by Gasteiger charge is -2.10. The fourth-order valence-electron chi connectivity index (χ4n) is 1.10. The first kappa shape index (κ1) is 12.9. The maximum Gasteiger partial charge on any atom is 0.387 e. The molecule has 1 aromatic carbocycles. The number of nitrogens with one attached hydrogen (secondary N) is 1. The molecule has 0 aliphatic heterocycles. The molecule has 3 nitrogen and oxygen atoms in total. The third-order valence-electron chi connectivity index (χ3n) is 1.79. The quantitative estimate of drug-likeness (QED) is 0.846. The van der Waals surface area contributed by atoms with Gasteiger partial charge in [0.1, 0.15) is 5.75 Å². The SMILES string of the molecule is O=C(CBr)NCc1ccccc1OC(F)F. The molecule has 0 saturated carbocycles. The Kier molecular flexibility index (Phi) is 5.18. The van der Waals surface area contributed by atoms with E-state index in [1.807, 2.05) is 0 Å². The van der Waals surface area contributed by atoms with Crippen molar-refractivity contribution in [3.8, 4) is 5.75 Å². The molecule has 0 spiro atoms. The molecule has 0 fully saturated rings. The van der Waals surface area contributed by atoms with E-state index in [-0.39, 0.29) is 23.5 Å². The van der Waals surface area contributed by atoms with Crippen molar-refractivity contribution in [2.45, 2.75) is 13.2 Å².